The zero-order valence-electron chi connectivity index (χ0n) is 20.9. The van der Waals surface area contributed by atoms with Crippen LogP contribution in [0.25, 0.3) is 0 Å². The van der Waals surface area contributed by atoms with E-state index in [0.29, 0.717) is 26.2 Å². The number of rotatable bonds is 6. The van der Waals surface area contributed by atoms with Crippen LogP contribution in [0.15, 0.2) is 24.3 Å². The summed E-state index contributed by atoms with van der Waals surface area (Å²) in [5, 5.41) is 3.52. The molecule has 1 aliphatic rings. The molecule has 0 aliphatic carbocycles. The molecular weight excluding hydrogens is 406 g/mol. The number of carbonyl (C=O) groups excluding carboxylic acids is 2. The maximum atomic E-state index is 12.7. The molecule has 0 spiro atoms. The molecule has 1 unspecified atom stereocenters. The van der Waals surface area contributed by atoms with Crippen molar-refractivity contribution in [2.75, 3.05) is 25.0 Å². The Bertz CT molecular complexity index is 767. The van der Waals surface area contributed by atoms with Gasteiger partial charge < -0.3 is 24.6 Å². The highest BCUT2D eigenvalue weighted by Gasteiger charge is 2.30. The molecule has 1 aromatic rings. The second-order valence-corrected chi connectivity index (χ2v) is 10.4. The SMILES string of the molecule is CCN(Cc1ccccc1NCC1CCCCN1C(=O)OC(C)(C)C)C(=O)OC(C)(C)C. The molecule has 0 aromatic heterocycles. The maximum absolute atomic E-state index is 12.7. The van der Waals surface area contributed by atoms with Gasteiger partial charge in [0.15, 0.2) is 0 Å². The first-order valence-corrected chi connectivity index (χ1v) is 11.7. The van der Waals surface area contributed by atoms with Gasteiger partial charge in [-0.15, -0.1) is 0 Å². The van der Waals surface area contributed by atoms with Crippen LogP contribution in [-0.2, 0) is 16.0 Å². The number of carbonyl (C=O) groups is 2. The Kier molecular flexibility index (Phi) is 8.81. The van der Waals surface area contributed by atoms with Crippen molar-refractivity contribution in [2.24, 2.45) is 0 Å². The molecule has 1 aliphatic heterocycles. The van der Waals surface area contributed by atoms with Crippen molar-refractivity contribution in [2.45, 2.75) is 91.5 Å². The molecule has 1 aromatic carbocycles. The Balaban J connectivity index is 2.07. The van der Waals surface area contributed by atoms with Gasteiger partial charge in [0.05, 0.1) is 12.6 Å². The number of nitrogens with one attached hydrogen (secondary N) is 1. The minimum atomic E-state index is -0.533. The molecule has 7 nitrogen and oxygen atoms in total. The van der Waals surface area contributed by atoms with Gasteiger partial charge in [-0.3, -0.25) is 0 Å². The van der Waals surface area contributed by atoms with Crippen LogP contribution in [0, 0.1) is 0 Å². The lowest BCUT2D eigenvalue weighted by Gasteiger charge is -2.37. The van der Waals surface area contributed by atoms with Crippen molar-refractivity contribution in [1.29, 1.82) is 0 Å². The van der Waals surface area contributed by atoms with Crippen LogP contribution in [0.3, 0.4) is 0 Å². The number of nitrogens with zero attached hydrogens (tertiary/aromatic N) is 2. The third-order valence-electron chi connectivity index (χ3n) is 5.20. The number of anilines is 1. The first kappa shape index (κ1) is 25.8. The fraction of sp³-hybridized carbons (Fsp3) is 0.680. The van der Waals surface area contributed by atoms with E-state index in [9.17, 15) is 9.59 Å². The average molecular weight is 448 g/mol. The smallest absolute Gasteiger partial charge is 0.410 e. The Morgan fingerprint density at radius 2 is 1.72 bits per heavy atom. The van der Waals surface area contributed by atoms with Crippen LogP contribution in [0.4, 0.5) is 15.3 Å². The van der Waals surface area contributed by atoms with E-state index in [-0.39, 0.29) is 18.2 Å². The molecule has 2 amide bonds. The second kappa shape index (κ2) is 10.9. The molecule has 0 radical (unpaired) electrons. The summed E-state index contributed by atoms with van der Waals surface area (Å²) >= 11 is 0. The first-order valence-electron chi connectivity index (χ1n) is 11.7. The minimum Gasteiger partial charge on any atom is -0.444 e. The number of piperidine rings is 1. The molecular formula is C25H41N3O4. The average Bonchev–Trinajstić information content (AvgIpc) is 2.68. The van der Waals surface area contributed by atoms with E-state index in [0.717, 1.165) is 30.5 Å². The van der Waals surface area contributed by atoms with E-state index in [4.69, 9.17) is 9.47 Å². The highest BCUT2D eigenvalue weighted by atomic mass is 16.6. The highest BCUT2D eigenvalue weighted by molar-refractivity contribution is 5.69. The summed E-state index contributed by atoms with van der Waals surface area (Å²) in [7, 11) is 0. The number of amides is 2. The van der Waals surface area contributed by atoms with Crippen molar-refractivity contribution in [1.82, 2.24) is 9.80 Å². The zero-order valence-corrected chi connectivity index (χ0v) is 20.9. The highest BCUT2D eigenvalue weighted by Crippen LogP contribution is 2.23. The van der Waals surface area contributed by atoms with Gasteiger partial charge in [-0.25, -0.2) is 9.59 Å². The number of benzene rings is 1. The van der Waals surface area contributed by atoms with Gasteiger partial charge in [-0.2, -0.15) is 0 Å². The predicted molar refractivity (Wildman–Crippen MR) is 128 cm³/mol. The molecule has 180 valence electrons. The molecule has 32 heavy (non-hydrogen) atoms. The Labute approximate surface area is 193 Å². The lowest BCUT2D eigenvalue weighted by molar-refractivity contribution is 0.0113. The Morgan fingerprint density at radius 1 is 1.06 bits per heavy atom. The van der Waals surface area contributed by atoms with Crippen LogP contribution in [0.5, 0.6) is 0 Å². The standard InChI is InChI=1S/C25H41N3O4/c1-8-27(22(29)31-24(2,3)4)18-19-13-9-10-15-21(19)26-17-20-14-11-12-16-28(20)23(30)32-25(5,6)7/h9-10,13,15,20,26H,8,11-12,14,16-18H2,1-7H3. The summed E-state index contributed by atoms with van der Waals surface area (Å²) < 4.78 is 11.2. The fourth-order valence-electron chi connectivity index (χ4n) is 3.67. The molecule has 1 saturated heterocycles. The Morgan fingerprint density at radius 3 is 2.34 bits per heavy atom. The van der Waals surface area contributed by atoms with E-state index in [1.807, 2.05) is 77.6 Å². The molecule has 1 heterocycles. The van der Waals surface area contributed by atoms with Gasteiger partial charge in [0, 0.05) is 25.3 Å². The second-order valence-electron chi connectivity index (χ2n) is 10.4. The Hall–Kier alpha value is -2.44. The van der Waals surface area contributed by atoms with Gasteiger partial charge in [0.1, 0.15) is 11.2 Å². The number of likely N-dealkylation sites (tertiary alicyclic amines) is 1. The molecule has 1 fully saturated rings. The van der Waals surface area contributed by atoms with Crippen molar-refractivity contribution in [3.05, 3.63) is 29.8 Å². The van der Waals surface area contributed by atoms with Crippen LogP contribution in [0.1, 0.15) is 73.3 Å². The van der Waals surface area contributed by atoms with Crippen LogP contribution in [-0.4, -0.2) is 58.9 Å². The third-order valence-corrected chi connectivity index (χ3v) is 5.20. The molecule has 1 atom stereocenters. The maximum Gasteiger partial charge on any atom is 0.410 e. The topological polar surface area (TPSA) is 71.1 Å². The van der Waals surface area contributed by atoms with Gasteiger partial charge in [-0.05, 0) is 79.4 Å². The number of hydrogen-bond acceptors (Lipinski definition) is 5. The van der Waals surface area contributed by atoms with Gasteiger partial charge in [0.25, 0.3) is 0 Å². The lowest BCUT2D eigenvalue weighted by atomic mass is 10.0. The first-order chi connectivity index (χ1) is 14.9. The summed E-state index contributed by atoms with van der Waals surface area (Å²) in [4.78, 5) is 28.8. The van der Waals surface area contributed by atoms with Crippen molar-refractivity contribution in [3.8, 4) is 0 Å². The summed E-state index contributed by atoms with van der Waals surface area (Å²) in [5.74, 6) is 0. The monoisotopic (exact) mass is 447 g/mol. The van der Waals surface area contributed by atoms with E-state index < -0.39 is 11.2 Å². The van der Waals surface area contributed by atoms with E-state index >= 15 is 0 Å². The van der Waals surface area contributed by atoms with Crippen molar-refractivity contribution in [3.63, 3.8) is 0 Å². The molecule has 1 N–H and O–H groups in total. The van der Waals surface area contributed by atoms with Crippen molar-refractivity contribution < 1.29 is 19.1 Å². The van der Waals surface area contributed by atoms with E-state index in [1.165, 1.54) is 0 Å². The minimum absolute atomic E-state index is 0.0693. The van der Waals surface area contributed by atoms with Crippen LogP contribution < -0.4 is 5.32 Å². The van der Waals surface area contributed by atoms with Crippen molar-refractivity contribution >= 4 is 17.9 Å². The normalized spacial score (nSPS) is 17.0. The summed E-state index contributed by atoms with van der Waals surface area (Å²) in [5.41, 5.74) is 0.933. The van der Waals surface area contributed by atoms with Gasteiger partial charge in [-0.1, -0.05) is 18.2 Å². The summed E-state index contributed by atoms with van der Waals surface area (Å²) in [6, 6.07) is 8.04. The largest absolute Gasteiger partial charge is 0.444 e. The van der Waals surface area contributed by atoms with Gasteiger partial charge in [0.2, 0.25) is 0 Å². The van der Waals surface area contributed by atoms with E-state index in [1.54, 1.807) is 4.90 Å². The predicted octanol–water partition coefficient (Wildman–Crippen LogP) is 5.65. The molecule has 0 bridgehead atoms. The molecule has 0 saturated carbocycles. The number of hydrogen-bond donors (Lipinski definition) is 1. The lowest BCUT2D eigenvalue weighted by Crippen LogP contribution is -2.49. The summed E-state index contributed by atoms with van der Waals surface area (Å²) in [6.07, 6.45) is 2.45. The number of ether oxygens (including phenoxy) is 2. The third kappa shape index (κ3) is 8.24. The fourth-order valence-corrected chi connectivity index (χ4v) is 3.67. The van der Waals surface area contributed by atoms with E-state index in [2.05, 4.69) is 5.32 Å². The molecule has 2 rings (SSSR count). The number of para-hydroxylation sites is 1. The van der Waals surface area contributed by atoms with Crippen LogP contribution in [0.2, 0.25) is 0 Å². The quantitative estimate of drug-likeness (QED) is 0.610. The summed E-state index contributed by atoms with van der Waals surface area (Å²) in [6.45, 7) is 15.6. The molecule has 7 heteroatoms. The zero-order chi connectivity index (χ0) is 23.9. The van der Waals surface area contributed by atoms with Gasteiger partial charge >= 0.3 is 12.2 Å². The van der Waals surface area contributed by atoms with Crippen LogP contribution >= 0.6 is 0 Å².